The van der Waals surface area contributed by atoms with Crippen molar-refractivity contribution >= 4 is 46.3 Å². The summed E-state index contributed by atoms with van der Waals surface area (Å²) in [7, 11) is 1.59. The van der Waals surface area contributed by atoms with Gasteiger partial charge in [0.1, 0.15) is 28.0 Å². The van der Waals surface area contributed by atoms with Gasteiger partial charge in [-0.2, -0.15) is 26.3 Å². The summed E-state index contributed by atoms with van der Waals surface area (Å²) < 4.78 is 107. The maximum atomic E-state index is 14.3. The number of halogens is 10. The van der Waals surface area contributed by atoms with E-state index in [4.69, 9.17) is 40.3 Å². The molecule has 4 rings (SSSR count). The number of thiocarbonyl (C=S) groups is 1. The highest BCUT2D eigenvalue weighted by atomic mass is 35.5. The molecule has 2 N–H and O–H groups in total. The summed E-state index contributed by atoms with van der Waals surface area (Å²) in [6.07, 6.45) is -9.90. The first-order valence-corrected chi connectivity index (χ1v) is 15.8. The zero-order valence-electron chi connectivity index (χ0n) is 27.7. The summed E-state index contributed by atoms with van der Waals surface area (Å²) >= 11 is 16.7. The standard InChI is InChI=1S/C15H12ClF4N3O4.C15H12ClF4N3O3S/c1-3-27-21-13(25)7-4-10(9(17)5-8(7)16)23-12(24)6-11(15(18,19)20)22(2)14(23)26;1-3-26-21-13(27)7-4-10(9(17)5-8(7)16)23-12(24)6-11(15(18,19)20)22(2)14(23)25/h4-6H,3H2,1-2H3,(H,21,25);4-6H,3H2,1-2H3,(H,21,27). The monoisotopic (exact) mass is 834 g/mol. The van der Waals surface area contributed by atoms with E-state index in [0.717, 1.165) is 32.3 Å². The summed E-state index contributed by atoms with van der Waals surface area (Å²) in [5.74, 6) is -3.19. The van der Waals surface area contributed by atoms with Crippen LogP contribution in [0.1, 0.15) is 41.2 Å². The SMILES string of the molecule is CCONC(=O)c1cc(-n2c(=O)cc(C(F)(F)F)n(C)c2=O)c(F)cc1Cl.CCONC(=S)c1cc(-n2c(=O)cc(C(F)(F)F)n(C)c2=O)c(F)cc1Cl. The van der Waals surface area contributed by atoms with Gasteiger partial charge in [0.15, 0.2) is 0 Å². The molecule has 0 saturated heterocycles. The Kier molecular flexibility index (Phi) is 13.7. The van der Waals surface area contributed by atoms with Gasteiger partial charge in [0.25, 0.3) is 17.0 Å². The number of hydrogen-bond donors (Lipinski definition) is 2. The highest BCUT2D eigenvalue weighted by molar-refractivity contribution is 7.80. The third-order valence-electron chi connectivity index (χ3n) is 6.88. The lowest BCUT2D eigenvalue weighted by Crippen LogP contribution is -2.41. The Morgan fingerprint density at radius 1 is 0.685 bits per heavy atom. The zero-order valence-corrected chi connectivity index (χ0v) is 30.0. The van der Waals surface area contributed by atoms with Crippen molar-refractivity contribution in [2.45, 2.75) is 26.2 Å². The molecular weight excluding hydrogens is 811 g/mol. The van der Waals surface area contributed by atoms with Crippen LogP contribution in [0.2, 0.25) is 10.0 Å². The van der Waals surface area contributed by atoms with Gasteiger partial charge in [-0.05, 0) is 38.1 Å². The lowest BCUT2D eigenvalue weighted by molar-refractivity contribution is -0.144. The quantitative estimate of drug-likeness (QED) is 0.148. The molecule has 2 heterocycles. The fraction of sp³-hybridized carbons (Fsp3) is 0.267. The minimum absolute atomic E-state index is 0.0189. The number of amides is 1. The van der Waals surface area contributed by atoms with Gasteiger partial charge in [-0.1, -0.05) is 35.4 Å². The summed E-state index contributed by atoms with van der Waals surface area (Å²) in [5, 5.41) is -0.504. The molecule has 24 heteroatoms. The highest BCUT2D eigenvalue weighted by Gasteiger charge is 2.36. The van der Waals surface area contributed by atoms with Crippen molar-refractivity contribution in [2.24, 2.45) is 14.1 Å². The van der Waals surface area contributed by atoms with Crippen molar-refractivity contribution in [3.05, 3.63) is 122 Å². The fourth-order valence-corrected chi connectivity index (χ4v) is 5.15. The fourth-order valence-electron chi connectivity index (χ4n) is 4.39. The van der Waals surface area contributed by atoms with Crippen molar-refractivity contribution in [1.82, 2.24) is 29.2 Å². The van der Waals surface area contributed by atoms with E-state index < -0.39 is 75.2 Å². The van der Waals surface area contributed by atoms with Crippen LogP contribution in [-0.2, 0) is 36.1 Å². The van der Waals surface area contributed by atoms with Crippen molar-refractivity contribution in [2.75, 3.05) is 13.2 Å². The van der Waals surface area contributed by atoms with Crippen LogP contribution in [0.4, 0.5) is 35.1 Å². The van der Waals surface area contributed by atoms with Crippen LogP contribution in [0, 0.1) is 11.6 Å². The number of carbonyl (C=O) groups is 1. The number of carbonyl (C=O) groups excluding carboxylic acids is 1. The van der Waals surface area contributed by atoms with Gasteiger partial charge in [0.05, 0.1) is 40.2 Å². The summed E-state index contributed by atoms with van der Waals surface area (Å²) in [6, 6.07) is 3.53. The lowest BCUT2D eigenvalue weighted by atomic mass is 10.1. The third-order valence-corrected chi connectivity index (χ3v) is 7.81. The normalized spacial score (nSPS) is 11.5. The van der Waals surface area contributed by atoms with E-state index in [-0.39, 0.29) is 69.8 Å². The molecule has 0 saturated carbocycles. The predicted molar refractivity (Wildman–Crippen MR) is 180 cm³/mol. The first kappa shape index (κ1) is 43.5. The summed E-state index contributed by atoms with van der Waals surface area (Å²) in [5.41, 5.74) is -5.90. The number of rotatable bonds is 8. The van der Waals surface area contributed by atoms with Gasteiger partial charge < -0.3 is 0 Å². The number of nitrogens with one attached hydrogen (secondary N) is 2. The van der Waals surface area contributed by atoms with E-state index in [1.165, 1.54) is 0 Å². The van der Waals surface area contributed by atoms with Crippen molar-refractivity contribution < 1.29 is 49.6 Å². The number of alkyl halides is 6. The molecule has 2 aromatic carbocycles. The number of benzene rings is 2. The van der Waals surface area contributed by atoms with Gasteiger partial charge in [0, 0.05) is 31.8 Å². The predicted octanol–water partition coefficient (Wildman–Crippen LogP) is 4.59. The minimum atomic E-state index is -4.97. The van der Waals surface area contributed by atoms with Crippen LogP contribution >= 0.6 is 35.4 Å². The van der Waals surface area contributed by atoms with Gasteiger partial charge in [0.2, 0.25) is 0 Å². The Hall–Kier alpha value is -4.90. The summed E-state index contributed by atoms with van der Waals surface area (Å²) in [6.45, 7) is 3.59. The molecule has 0 unspecified atom stereocenters. The first-order valence-electron chi connectivity index (χ1n) is 14.6. The Labute approximate surface area is 311 Å². The average molecular weight is 836 g/mol. The second-order valence-corrected chi connectivity index (χ2v) is 11.6. The molecule has 54 heavy (non-hydrogen) atoms. The van der Waals surface area contributed by atoms with E-state index >= 15 is 0 Å². The molecule has 1 amide bonds. The Morgan fingerprint density at radius 2 is 1.06 bits per heavy atom. The number of hydroxylamine groups is 2. The number of aromatic nitrogens is 4. The number of nitrogens with zero attached hydrogens (tertiary/aromatic N) is 4. The Balaban J connectivity index is 0.000000290. The molecule has 292 valence electrons. The molecular formula is C30H24Cl2F8N6O7S. The number of hydrogen-bond acceptors (Lipinski definition) is 8. The van der Waals surface area contributed by atoms with Crippen LogP contribution in [0.15, 0.2) is 55.6 Å². The molecule has 0 atom stereocenters. The van der Waals surface area contributed by atoms with Crippen LogP contribution < -0.4 is 33.5 Å². The van der Waals surface area contributed by atoms with Crippen molar-refractivity contribution in [3.8, 4) is 11.4 Å². The molecule has 0 spiro atoms. The van der Waals surface area contributed by atoms with Gasteiger partial charge in [-0.25, -0.2) is 33.0 Å². The van der Waals surface area contributed by atoms with Crippen LogP contribution in [0.25, 0.3) is 11.4 Å². The van der Waals surface area contributed by atoms with E-state index in [1.54, 1.807) is 13.8 Å². The summed E-state index contributed by atoms with van der Waals surface area (Å²) in [4.78, 5) is 70.2. The van der Waals surface area contributed by atoms with Gasteiger partial charge in [-0.3, -0.25) is 38.7 Å². The van der Waals surface area contributed by atoms with Crippen molar-refractivity contribution in [1.29, 1.82) is 0 Å². The lowest BCUT2D eigenvalue weighted by Gasteiger charge is -2.15. The van der Waals surface area contributed by atoms with Crippen LogP contribution in [0.3, 0.4) is 0 Å². The van der Waals surface area contributed by atoms with E-state index in [0.29, 0.717) is 6.07 Å². The molecule has 13 nitrogen and oxygen atoms in total. The smallest absolute Gasteiger partial charge is 0.292 e. The molecule has 0 aliphatic rings. The Morgan fingerprint density at radius 3 is 1.44 bits per heavy atom. The molecule has 0 radical (unpaired) electrons. The third kappa shape index (κ3) is 9.42. The van der Waals surface area contributed by atoms with Crippen LogP contribution in [-0.4, -0.2) is 42.4 Å². The first-order chi connectivity index (χ1) is 25.0. The van der Waals surface area contributed by atoms with E-state index in [2.05, 4.69) is 10.3 Å². The molecule has 0 bridgehead atoms. The van der Waals surface area contributed by atoms with Gasteiger partial charge >= 0.3 is 23.7 Å². The largest absolute Gasteiger partial charge is 0.431 e. The Bertz CT molecular complexity index is 2200. The van der Waals surface area contributed by atoms with Crippen LogP contribution in [0.5, 0.6) is 0 Å². The minimum Gasteiger partial charge on any atom is -0.292 e. The van der Waals surface area contributed by atoms with E-state index in [1.807, 2.05) is 5.48 Å². The zero-order chi connectivity index (χ0) is 41.0. The molecule has 4 aromatic rings. The maximum absolute atomic E-state index is 14.3. The topological polar surface area (TPSA) is 148 Å². The van der Waals surface area contributed by atoms with Gasteiger partial charge in [-0.15, -0.1) is 0 Å². The second kappa shape index (κ2) is 17.1. The average Bonchev–Trinajstić information content (AvgIpc) is 3.06. The molecule has 0 fully saturated rings. The molecule has 0 aliphatic heterocycles. The second-order valence-electron chi connectivity index (χ2n) is 10.4. The molecule has 2 aromatic heterocycles. The van der Waals surface area contributed by atoms with Crippen molar-refractivity contribution in [3.63, 3.8) is 0 Å². The maximum Gasteiger partial charge on any atom is 0.431 e. The van der Waals surface area contributed by atoms with E-state index in [9.17, 15) is 59.1 Å². The molecule has 0 aliphatic carbocycles. The highest BCUT2D eigenvalue weighted by Crippen LogP contribution is 2.29.